The number of aryl methyl sites for hydroxylation is 1. The van der Waals surface area contributed by atoms with Gasteiger partial charge in [0.15, 0.2) is 5.79 Å². The van der Waals surface area contributed by atoms with Gasteiger partial charge in [0.25, 0.3) is 5.91 Å². The Bertz CT molecular complexity index is 673. The predicted molar refractivity (Wildman–Crippen MR) is 102 cm³/mol. The summed E-state index contributed by atoms with van der Waals surface area (Å²) in [5, 5.41) is 2.97. The van der Waals surface area contributed by atoms with E-state index >= 15 is 0 Å². The summed E-state index contributed by atoms with van der Waals surface area (Å²) in [6.45, 7) is 8.45. The van der Waals surface area contributed by atoms with Gasteiger partial charge in [0, 0.05) is 31.5 Å². The van der Waals surface area contributed by atoms with Crippen molar-refractivity contribution in [3.63, 3.8) is 0 Å². The molecular formula is C21H30N2O4. The maximum atomic E-state index is 13.1. The highest BCUT2D eigenvalue weighted by Gasteiger charge is 2.41. The molecule has 0 bridgehead atoms. The lowest BCUT2D eigenvalue weighted by Crippen LogP contribution is -2.54. The molecule has 0 aliphatic carbocycles. The molecule has 6 nitrogen and oxygen atoms in total. The van der Waals surface area contributed by atoms with E-state index < -0.39 is 11.8 Å². The molecule has 1 spiro atoms. The second-order valence-electron chi connectivity index (χ2n) is 7.90. The molecule has 0 aromatic heterocycles. The molecule has 1 aromatic carbocycles. The van der Waals surface area contributed by atoms with E-state index in [-0.39, 0.29) is 11.8 Å². The van der Waals surface area contributed by atoms with E-state index in [9.17, 15) is 9.59 Å². The van der Waals surface area contributed by atoms with E-state index in [0.29, 0.717) is 57.0 Å². The van der Waals surface area contributed by atoms with Crippen LogP contribution in [0.2, 0.25) is 0 Å². The van der Waals surface area contributed by atoms with Crippen molar-refractivity contribution in [2.24, 2.45) is 5.92 Å². The first-order chi connectivity index (χ1) is 12.9. The van der Waals surface area contributed by atoms with E-state index in [4.69, 9.17) is 9.47 Å². The molecule has 2 saturated heterocycles. The van der Waals surface area contributed by atoms with Crippen LogP contribution in [0.4, 0.5) is 0 Å². The molecule has 6 heteroatoms. The van der Waals surface area contributed by atoms with Gasteiger partial charge in [-0.25, -0.2) is 0 Å². The number of benzene rings is 1. The molecule has 1 atom stereocenters. The third-order valence-corrected chi connectivity index (χ3v) is 5.35. The lowest BCUT2D eigenvalue weighted by Gasteiger charge is -2.39. The molecule has 2 heterocycles. The van der Waals surface area contributed by atoms with Gasteiger partial charge < -0.3 is 19.7 Å². The van der Waals surface area contributed by atoms with Gasteiger partial charge in [-0.2, -0.15) is 0 Å². The zero-order chi connectivity index (χ0) is 19.4. The van der Waals surface area contributed by atoms with Gasteiger partial charge >= 0.3 is 0 Å². The number of nitrogens with zero attached hydrogens (tertiary/aromatic N) is 1. The van der Waals surface area contributed by atoms with E-state index in [1.807, 2.05) is 30.0 Å². The molecule has 2 aliphatic heterocycles. The van der Waals surface area contributed by atoms with Gasteiger partial charge in [0.1, 0.15) is 6.04 Å². The standard InChI is InChI=1S/C21H30N2O4/c1-15(2)14-18(22-19(24)17-7-5-4-6-16(17)3)20(25)23-10-8-21(9-11-23)26-12-13-27-21/h4-7,15,18H,8-14H2,1-3H3,(H,22,24). The van der Waals surface area contributed by atoms with Gasteiger partial charge in [-0.05, 0) is 30.9 Å². The van der Waals surface area contributed by atoms with Gasteiger partial charge in [-0.1, -0.05) is 32.0 Å². The topological polar surface area (TPSA) is 67.9 Å². The van der Waals surface area contributed by atoms with Gasteiger partial charge in [-0.15, -0.1) is 0 Å². The van der Waals surface area contributed by atoms with Crippen molar-refractivity contribution >= 4 is 11.8 Å². The molecule has 0 saturated carbocycles. The Balaban J connectivity index is 1.66. The van der Waals surface area contributed by atoms with Gasteiger partial charge in [-0.3, -0.25) is 9.59 Å². The fourth-order valence-electron chi connectivity index (χ4n) is 3.83. The number of hydrogen-bond donors (Lipinski definition) is 1. The smallest absolute Gasteiger partial charge is 0.252 e. The quantitative estimate of drug-likeness (QED) is 0.860. The Hall–Kier alpha value is -1.92. The zero-order valence-electron chi connectivity index (χ0n) is 16.5. The molecule has 2 aliphatic rings. The number of hydrogen-bond acceptors (Lipinski definition) is 4. The van der Waals surface area contributed by atoms with Crippen molar-refractivity contribution in [3.05, 3.63) is 35.4 Å². The largest absolute Gasteiger partial charge is 0.347 e. The van der Waals surface area contributed by atoms with Crippen LogP contribution in [0.3, 0.4) is 0 Å². The number of amides is 2. The van der Waals surface area contributed by atoms with Crippen molar-refractivity contribution < 1.29 is 19.1 Å². The lowest BCUT2D eigenvalue weighted by atomic mass is 9.98. The molecule has 27 heavy (non-hydrogen) atoms. The summed E-state index contributed by atoms with van der Waals surface area (Å²) in [6.07, 6.45) is 1.98. The van der Waals surface area contributed by atoms with Crippen molar-refractivity contribution in [1.82, 2.24) is 10.2 Å². The first kappa shape index (κ1) is 19.8. The van der Waals surface area contributed by atoms with E-state index in [0.717, 1.165) is 5.56 Å². The summed E-state index contributed by atoms with van der Waals surface area (Å²) < 4.78 is 11.5. The Morgan fingerprint density at radius 3 is 2.37 bits per heavy atom. The molecule has 148 valence electrons. The summed E-state index contributed by atoms with van der Waals surface area (Å²) in [6, 6.07) is 6.92. The first-order valence-electron chi connectivity index (χ1n) is 9.83. The number of carbonyl (C=O) groups excluding carboxylic acids is 2. The van der Waals surface area contributed by atoms with Crippen molar-refractivity contribution in [1.29, 1.82) is 0 Å². The Morgan fingerprint density at radius 1 is 1.15 bits per heavy atom. The SMILES string of the molecule is Cc1ccccc1C(=O)NC(CC(C)C)C(=O)N1CCC2(CC1)OCCO2. The highest BCUT2D eigenvalue weighted by molar-refractivity contribution is 5.98. The lowest BCUT2D eigenvalue weighted by molar-refractivity contribution is -0.188. The van der Waals surface area contributed by atoms with Crippen LogP contribution in [0.5, 0.6) is 0 Å². The number of nitrogens with one attached hydrogen (secondary N) is 1. The van der Waals surface area contributed by atoms with E-state index in [1.54, 1.807) is 6.07 Å². The third-order valence-electron chi connectivity index (χ3n) is 5.35. The normalized spacial score (nSPS) is 20.1. The van der Waals surface area contributed by atoms with E-state index in [2.05, 4.69) is 19.2 Å². The molecule has 0 radical (unpaired) electrons. The number of carbonyl (C=O) groups is 2. The van der Waals surface area contributed by atoms with Crippen LogP contribution in [0.25, 0.3) is 0 Å². The summed E-state index contributed by atoms with van der Waals surface area (Å²) in [4.78, 5) is 27.7. The second kappa shape index (κ2) is 8.40. The molecule has 2 amide bonds. The van der Waals surface area contributed by atoms with Gasteiger partial charge in [0.05, 0.1) is 13.2 Å². The van der Waals surface area contributed by atoms with Crippen molar-refractivity contribution in [2.45, 2.75) is 51.9 Å². The minimum absolute atomic E-state index is 0.0153. The molecule has 3 rings (SSSR count). The Morgan fingerprint density at radius 2 is 1.78 bits per heavy atom. The fourth-order valence-corrected chi connectivity index (χ4v) is 3.83. The molecule has 1 aromatic rings. The highest BCUT2D eigenvalue weighted by Crippen LogP contribution is 2.31. The third kappa shape index (κ3) is 4.68. The zero-order valence-corrected chi connectivity index (χ0v) is 16.5. The van der Waals surface area contributed by atoms with E-state index in [1.165, 1.54) is 0 Å². The summed E-state index contributed by atoms with van der Waals surface area (Å²) in [7, 11) is 0. The van der Waals surface area contributed by atoms with Crippen LogP contribution >= 0.6 is 0 Å². The first-order valence-corrected chi connectivity index (χ1v) is 9.83. The molecular weight excluding hydrogens is 344 g/mol. The minimum Gasteiger partial charge on any atom is -0.347 e. The van der Waals surface area contributed by atoms with Crippen LogP contribution in [0.1, 0.15) is 49.0 Å². The van der Waals surface area contributed by atoms with Crippen LogP contribution < -0.4 is 5.32 Å². The maximum Gasteiger partial charge on any atom is 0.252 e. The Kier molecular flexibility index (Phi) is 6.17. The average Bonchev–Trinajstić information content (AvgIpc) is 3.09. The number of ether oxygens (including phenoxy) is 2. The molecule has 2 fully saturated rings. The monoisotopic (exact) mass is 374 g/mol. The second-order valence-corrected chi connectivity index (χ2v) is 7.90. The predicted octanol–water partition coefficient (Wildman–Crippen LogP) is 2.51. The van der Waals surface area contributed by atoms with Gasteiger partial charge in [0.2, 0.25) is 5.91 Å². The summed E-state index contributed by atoms with van der Waals surface area (Å²) in [5.41, 5.74) is 1.52. The maximum absolute atomic E-state index is 13.1. The van der Waals surface area contributed by atoms with Crippen LogP contribution in [0.15, 0.2) is 24.3 Å². The summed E-state index contributed by atoms with van der Waals surface area (Å²) >= 11 is 0. The van der Waals surface area contributed by atoms with Crippen LogP contribution in [0, 0.1) is 12.8 Å². The number of piperidine rings is 1. The van der Waals surface area contributed by atoms with Crippen molar-refractivity contribution in [3.8, 4) is 0 Å². The highest BCUT2D eigenvalue weighted by atomic mass is 16.7. The molecule has 1 unspecified atom stereocenters. The van der Waals surface area contributed by atoms with Crippen molar-refractivity contribution in [2.75, 3.05) is 26.3 Å². The average molecular weight is 374 g/mol. The van der Waals surface area contributed by atoms with Crippen LogP contribution in [-0.4, -0.2) is 54.8 Å². The number of likely N-dealkylation sites (tertiary alicyclic amines) is 1. The summed E-state index contributed by atoms with van der Waals surface area (Å²) in [5.74, 6) is -0.412. The van der Waals surface area contributed by atoms with Crippen LogP contribution in [-0.2, 0) is 14.3 Å². The Labute approximate surface area is 161 Å². The molecule has 1 N–H and O–H groups in total. The fraction of sp³-hybridized carbons (Fsp3) is 0.619. The minimum atomic E-state index is -0.517. The number of rotatable bonds is 5.